The van der Waals surface area contributed by atoms with Gasteiger partial charge in [0.1, 0.15) is 11.3 Å². The van der Waals surface area contributed by atoms with Gasteiger partial charge in [0.05, 0.1) is 29.5 Å². The van der Waals surface area contributed by atoms with E-state index >= 15 is 0 Å². The average Bonchev–Trinajstić information content (AvgIpc) is 2.77. The van der Waals surface area contributed by atoms with E-state index in [2.05, 4.69) is 17.1 Å². The lowest BCUT2D eigenvalue weighted by Gasteiger charge is -2.30. The molecule has 1 aliphatic carbocycles. The molecule has 2 unspecified atom stereocenters. The highest BCUT2D eigenvalue weighted by Gasteiger charge is 2.27. The maximum atomic E-state index is 13.6. The molecule has 0 radical (unpaired) electrons. The van der Waals surface area contributed by atoms with Gasteiger partial charge in [0.25, 0.3) is 5.56 Å². The smallest absolute Gasteiger partial charge is 0.261 e. The van der Waals surface area contributed by atoms with Crippen LogP contribution in [0.1, 0.15) is 48.4 Å². The normalized spacial score (nSPS) is 20.8. The zero-order valence-electron chi connectivity index (χ0n) is 17.7. The molecule has 2 heterocycles. The minimum absolute atomic E-state index is 0.0892. The highest BCUT2D eigenvalue weighted by Crippen LogP contribution is 2.36. The average molecular weight is 418 g/mol. The minimum atomic E-state index is -0.509. The molecule has 160 valence electrons. The Morgan fingerprint density at radius 1 is 1.16 bits per heavy atom. The summed E-state index contributed by atoms with van der Waals surface area (Å²) in [7, 11) is 2.02. The molecule has 0 saturated heterocycles. The molecule has 0 bridgehead atoms. The molecule has 5 rings (SSSR count). The molecule has 0 amide bonds. The van der Waals surface area contributed by atoms with Crippen molar-refractivity contribution in [3.05, 3.63) is 69.8 Å². The highest BCUT2D eigenvalue weighted by atomic mass is 16.3. The number of anilines is 1. The van der Waals surface area contributed by atoms with Crippen LogP contribution in [0.2, 0.25) is 0 Å². The molecule has 2 aliphatic rings. The molecule has 2 aromatic carbocycles. The van der Waals surface area contributed by atoms with Crippen LogP contribution in [0.15, 0.2) is 47.5 Å². The van der Waals surface area contributed by atoms with Crippen molar-refractivity contribution in [3.63, 3.8) is 0 Å². The van der Waals surface area contributed by atoms with E-state index in [0.717, 1.165) is 54.6 Å². The lowest BCUT2D eigenvalue weighted by molar-refractivity contribution is 0.0735. The summed E-state index contributed by atoms with van der Waals surface area (Å²) in [6.45, 7) is 0.761. The Hall–Kier alpha value is -3.12. The van der Waals surface area contributed by atoms with Crippen LogP contribution < -0.4 is 10.5 Å². The molecule has 1 aliphatic heterocycles. The fourth-order valence-corrected chi connectivity index (χ4v) is 4.96. The number of hydrogen-bond donors (Lipinski definition) is 2. The first kappa shape index (κ1) is 19.8. The van der Waals surface area contributed by atoms with Crippen molar-refractivity contribution in [1.82, 2.24) is 9.55 Å². The van der Waals surface area contributed by atoms with Gasteiger partial charge in [-0.3, -0.25) is 9.36 Å². The van der Waals surface area contributed by atoms with E-state index in [1.165, 1.54) is 0 Å². The number of likely N-dealkylation sites (N-methyl/N-ethyl adjacent to an activating group) is 1. The first-order valence-corrected chi connectivity index (χ1v) is 10.9. The number of aliphatic hydroxyl groups excluding tert-OH is 1. The van der Waals surface area contributed by atoms with E-state index in [9.17, 15) is 15.0 Å². The van der Waals surface area contributed by atoms with E-state index < -0.39 is 6.10 Å². The molecule has 2 N–H and O–H groups in total. The van der Waals surface area contributed by atoms with E-state index in [0.29, 0.717) is 17.3 Å². The van der Waals surface area contributed by atoms with Gasteiger partial charge < -0.3 is 15.1 Å². The van der Waals surface area contributed by atoms with E-state index in [-0.39, 0.29) is 17.4 Å². The number of phenols is 1. The van der Waals surface area contributed by atoms with E-state index in [4.69, 9.17) is 4.98 Å². The molecule has 1 saturated carbocycles. The zero-order chi connectivity index (χ0) is 21.5. The van der Waals surface area contributed by atoms with E-state index in [1.54, 1.807) is 23.0 Å². The van der Waals surface area contributed by atoms with Crippen LogP contribution in [0.4, 0.5) is 5.69 Å². The lowest BCUT2D eigenvalue weighted by atomic mass is 9.91. The fourth-order valence-electron chi connectivity index (χ4n) is 4.96. The second kappa shape index (κ2) is 7.85. The van der Waals surface area contributed by atoms with Crippen molar-refractivity contribution >= 4 is 22.7 Å². The number of aromatic hydroxyl groups is 1. The predicted octanol–water partition coefficient (Wildman–Crippen LogP) is 3.63. The number of phenolic OH excluding ortho intramolecular Hbond substituents is 1. The van der Waals surface area contributed by atoms with Crippen LogP contribution in [0.5, 0.6) is 5.75 Å². The van der Waals surface area contributed by atoms with Gasteiger partial charge in [-0.1, -0.05) is 37.1 Å². The van der Waals surface area contributed by atoms with Crippen molar-refractivity contribution in [2.45, 2.75) is 44.2 Å². The Labute approximate surface area is 181 Å². The first-order chi connectivity index (χ1) is 15.0. The number of aromatic nitrogens is 2. The number of benzene rings is 2. The Kier molecular flexibility index (Phi) is 5.02. The number of hydrogen-bond acceptors (Lipinski definition) is 5. The molecule has 2 atom stereocenters. The quantitative estimate of drug-likeness (QED) is 0.680. The fraction of sp³-hybridized carbons (Fsp3) is 0.360. The Morgan fingerprint density at radius 3 is 2.71 bits per heavy atom. The SMILES string of the molecule is CN1CC=Cc2c(Cc3ccc(O)cc3)cc3c(=O)n(C4CCCCC4O)cnc3c21. The third-order valence-electron chi connectivity index (χ3n) is 6.60. The largest absolute Gasteiger partial charge is 0.508 e. The Bertz CT molecular complexity index is 1210. The first-order valence-electron chi connectivity index (χ1n) is 10.9. The summed E-state index contributed by atoms with van der Waals surface area (Å²) in [5.74, 6) is 0.238. The highest BCUT2D eigenvalue weighted by molar-refractivity contribution is 5.97. The Morgan fingerprint density at radius 2 is 1.94 bits per heavy atom. The van der Waals surface area contributed by atoms with Gasteiger partial charge in [-0.2, -0.15) is 0 Å². The van der Waals surface area contributed by atoms with Gasteiger partial charge in [0.2, 0.25) is 0 Å². The molecule has 3 aromatic rings. The number of nitrogens with zero attached hydrogens (tertiary/aromatic N) is 3. The second-order valence-electron chi connectivity index (χ2n) is 8.70. The number of fused-ring (bicyclic) bond motifs is 3. The van der Waals surface area contributed by atoms with Crippen LogP contribution in [0.3, 0.4) is 0 Å². The van der Waals surface area contributed by atoms with Crippen LogP contribution in [0, 0.1) is 0 Å². The van der Waals surface area contributed by atoms with Crippen LogP contribution in [0.25, 0.3) is 17.0 Å². The summed E-state index contributed by atoms with van der Waals surface area (Å²) in [5.41, 5.74) is 4.79. The van der Waals surface area contributed by atoms with Crippen molar-refractivity contribution in [2.24, 2.45) is 0 Å². The summed E-state index contributed by atoms with van der Waals surface area (Å²) >= 11 is 0. The molecule has 6 nitrogen and oxygen atoms in total. The number of aliphatic hydroxyl groups is 1. The molecular weight excluding hydrogens is 390 g/mol. The van der Waals surface area contributed by atoms with Gasteiger partial charge in [0.15, 0.2) is 0 Å². The van der Waals surface area contributed by atoms with Crippen LogP contribution >= 0.6 is 0 Å². The molecule has 1 aromatic heterocycles. The van der Waals surface area contributed by atoms with Crippen LogP contribution in [-0.2, 0) is 6.42 Å². The number of rotatable bonds is 3. The van der Waals surface area contributed by atoms with Gasteiger partial charge >= 0.3 is 0 Å². The second-order valence-corrected chi connectivity index (χ2v) is 8.70. The zero-order valence-corrected chi connectivity index (χ0v) is 17.7. The predicted molar refractivity (Wildman–Crippen MR) is 123 cm³/mol. The lowest BCUT2D eigenvalue weighted by Crippen LogP contribution is -2.35. The van der Waals surface area contributed by atoms with Gasteiger partial charge in [-0.05, 0) is 48.6 Å². The Balaban J connectivity index is 1.69. The summed E-state index contributed by atoms with van der Waals surface area (Å²) in [6, 6.07) is 8.93. The standard InChI is InChI=1S/C25H27N3O3/c1-27-12-4-5-19-17(13-16-8-10-18(29)11-9-16)14-20-23(24(19)27)26-15-28(25(20)31)21-6-2-3-7-22(21)30/h4-5,8-11,14-15,21-22,29-30H,2-3,6-7,12-13H2,1H3. The summed E-state index contributed by atoms with van der Waals surface area (Å²) < 4.78 is 1.64. The summed E-state index contributed by atoms with van der Waals surface area (Å²) in [4.78, 5) is 20.4. The third-order valence-corrected chi connectivity index (χ3v) is 6.60. The topological polar surface area (TPSA) is 78.6 Å². The maximum absolute atomic E-state index is 13.6. The van der Waals surface area contributed by atoms with Crippen molar-refractivity contribution in [1.29, 1.82) is 0 Å². The monoisotopic (exact) mass is 417 g/mol. The maximum Gasteiger partial charge on any atom is 0.261 e. The summed E-state index contributed by atoms with van der Waals surface area (Å²) in [5, 5.41) is 20.7. The third kappa shape index (κ3) is 3.51. The molecule has 1 fully saturated rings. The molecular formula is C25H27N3O3. The van der Waals surface area contributed by atoms with Gasteiger partial charge in [-0.15, -0.1) is 0 Å². The van der Waals surface area contributed by atoms with Crippen LogP contribution in [-0.4, -0.2) is 39.5 Å². The molecule has 31 heavy (non-hydrogen) atoms. The van der Waals surface area contributed by atoms with Crippen molar-refractivity contribution in [2.75, 3.05) is 18.5 Å². The van der Waals surface area contributed by atoms with Crippen molar-refractivity contribution < 1.29 is 10.2 Å². The minimum Gasteiger partial charge on any atom is -0.508 e. The van der Waals surface area contributed by atoms with E-state index in [1.807, 2.05) is 25.2 Å². The van der Waals surface area contributed by atoms with Crippen molar-refractivity contribution in [3.8, 4) is 5.75 Å². The molecule has 0 spiro atoms. The van der Waals surface area contributed by atoms with Gasteiger partial charge in [-0.25, -0.2) is 4.98 Å². The molecule has 6 heteroatoms. The summed E-state index contributed by atoms with van der Waals surface area (Å²) in [6.07, 6.45) is 9.51. The van der Waals surface area contributed by atoms with Gasteiger partial charge in [0, 0.05) is 19.2 Å².